The van der Waals surface area contributed by atoms with Crippen molar-refractivity contribution in [1.82, 2.24) is 15.3 Å². The zero-order chi connectivity index (χ0) is 15.2. The highest BCUT2D eigenvalue weighted by Crippen LogP contribution is 2.13. The quantitative estimate of drug-likeness (QED) is 0.916. The molecular weight excluding hydrogens is 266 g/mol. The van der Waals surface area contributed by atoms with Gasteiger partial charge in [0.2, 0.25) is 0 Å². The molecule has 0 aliphatic rings. The summed E-state index contributed by atoms with van der Waals surface area (Å²) in [6, 6.07) is 8.93. The van der Waals surface area contributed by atoms with Crippen LogP contribution in [0.25, 0.3) is 0 Å². The van der Waals surface area contributed by atoms with Gasteiger partial charge >= 0.3 is 0 Å². The van der Waals surface area contributed by atoms with E-state index in [1.165, 1.54) is 6.33 Å². The summed E-state index contributed by atoms with van der Waals surface area (Å²) in [6.45, 7) is 6.20. The largest absolute Gasteiger partial charge is 0.491 e. The number of aryl methyl sites for hydroxylation is 1. The normalized spacial score (nSPS) is 10.5. The van der Waals surface area contributed by atoms with E-state index in [4.69, 9.17) is 4.74 Å². The molecule has 0 aliphatic heterocycles. The minimum atomic E-state index is -0.137. The number of nitrogens with zero attached hydrogens (tertiary/aromatic N) is 2. The van der Waals surface area contributed by atoms with Crippen LogP contribution in [0.4, 0.5) is 0 Å². The number of amides is 1. The molecule has 21 heavy (non-hydrogen) atoms. The van der Waals surface area contributed by atoms with Crippen LogP contribution < -0.4 is 10.1 Å². The van der Waals surface area contributed by atoms with Crippen molar-refractivity contribution in [3.63, 3.8) is 0 Å². The average Bonchev–Trinajstić information content (AvgIpc) is 2.45. The van der Waals surface area contributed by atoms with Crippen LogP contribution in [0.1, 0.15) is 35.6 Å². The molecular formula is C16H19N3O2. The Bertz CT molecular complexity index is 609. The summed E-state index contributed by atoms with van der Waals surface area (Å²) in [4.78, 5) is 20.2. The van der Waals surface area contributed by atoms with Gasteiger partial charge in [-0.25, -0.2) is 9.97 Å². The third-order valence-electron chi connectivity index (χ3n) is 2.78. The number of rotatable bonds is 5. The van der Waals surface area contributed by atoms with E-state index in [1.807, 2.05) is 26.8 Å². The Hall–Kier alpha value is -2.43. The second-order valence-corrected chi connectivity index (χ2v) is 5.02. The Morgan fingerprint density at radius 2 is 1.95 bits per heavy atom. The van der Waals surface area contributed by atoms with Crippen molar-refractivity contribution in [1.29, 1.82) is 0 Å². The molecule has 5 heteroatoms. The SMILES string of the molecule is Cc1cc(CNC(=O)c2ccc(OC(C)C)cc2)ncn1. The number of hydrogen-bond acceptors (Lipinski definition) is 4. The Morgan fingerprint density at radius 3 is 2.57 bits per heavy atom. The van der Waals surface area contributed by atoms with Crippen molar-refractivity contribution in [3.05, 3.63) is 53.6 Å². The van der Waals surface area contributed by atoms with E-state index >= 15 is 0 Å². The molecule has 0 atom stereocenters. The molecule has 0 saturated carbocycles. The van der Waals surface area contributed by atoms with Crippen LogP contribution in [0, 0.1) is 6.92 Å². The molecule has 110 valence electrons. The van der Waals surface area contributed by atoms with Gasteiger partial charge in [-0.1, -0.05) is 0 Å². The number of aromatic nitrogens is 2. The lowest BCUT2D eigenvalue weighted by molar-refractivity contribution is 0.0950. The van der Waals surface area contributed by atoms with Gasteiger partial charge in [0.05, 0.1) is 18.3 Å². The van der Waals surface area contributed by atoms with Gasteiger partial charge < -0.3 is 10.1 Å². The highest BCUT2D eigenvalue weighted by Gasteiger charge is 2.06. The minimum Gasteiger partial charge on any atom is -0.491 e. The number of nitrogens with one attached hydrogen (secondary N) is 1. The number of benzene rings is 1. The first-order valence-electron chi connectivity index (χ1n) is 6.87. The third-order valence-corrected chi connectivity index (χ3v) is 2.78. The van der Waals surface area contributed by atoms with E-state index in [1.54, 1.807) is 24.3 Å². The van der Waals surface area contributed by atoms with Gasteiger partial charge in [-0.2, -0.15) is 0 Å². The number of ether oxygens (including phenoxy) is 1. The first-order valence-corrected chi connectivity index (χ1v) is 6.87. The molecule has 1 N–H and O–H groups in total. The van der Waals surface area contributed by atoms with E-state index < -0.39 is 0 Å². The van der Waals surface area contributed by atoms with Crippen LogP contribution in [-0.2, 0) is 6.54 Å². The Balaban J connectivity index is 1.94. The number of carbonyl (C=O) groups is 1. The molecule has 0 spiro atoms. The molecule has 1 amide bonds. The maximum absolute atomic E-state index is 12.0. The molecule has 1 aromatic heterocycles. The minimum absolute atomic E-state index is 0.116. The second-order valence-electron chi connectivity index (χ2n) is 5.02. The lowest BCUT2D eigenvalue weighted by Gasteiger charge is -2.10. The summed E-state index contributed by atoms with van der Waals surface area (Å²) >= 11 is 0. The highest BCUT2D eigenvalue weighted by molar-refractivity contribution is 5.94. The zero-order valence-electron chi connectivity index (χ0n) is 12.5. The summed E-state index contributed by atoms with van der Waals surface area (Å²) in [7, 11) is 0. The number of hydrogen-bond donors (Lipinski definition) is 1. The van der Waals surface area contributed by atoms with Crippen LogP contribution in [0.15, 0.2) is 36.7 Å². The maximum atomic E-state index is 12.0. The standard InChI is InChI=1S/C16H19N3O2/c1-11(2)21-15-6-4-13(5-7-15)16(20)17-9-14-8-12(3)18-10-19-14/h4-8,10-11H,9H2,1-3H3,(H,17,20). The smallest absolute Gasteiger partial charge is 0.251 e. The summed E-state index contributed by atoms with van der Waals surface area (Å²) in [5.74, 6) is 0.621. The topological polar surface area (TPSA) is 64.1 Å². The fourth-order valence-corrected chi connectivity index (χ4v) is 1.84. The van der Waals surface area contributed by atoms with Crippen molar-refractivity contribution in [3.8, 4) is 5.75 Å². The average molecular weight is 285 g/mol. The highest BCUT2D eigenvalue weighted by atomic mass is 16.5. The van der Waals surface area contributed by atoms with Crippen molar-refractivity contribution < 1.29 is 9.53 Å². The van der Waals surface area contributed by atoms with Gasteiger partial charge in [-0.15, -0.1) is 0 Å². The fourth-order valence-electron chi connectivity index (χ4n) is 1.84. The van der Waals surface area contributed by atoms with Crippen LogP contribution in [0.2, 0.25) is 0 Å². The van der Waals surface area contributed by atoms with E-state index in [-0.39, 0.29) is 12.0 Å². The van der Waals surface area contributed by atoms with Crippen molar-refractivity contribution >= 4 is 5.91 Å². The van der Waals surface area contributed by atoms with Crippen molar-refractivity contribution in [2.24, 2.45) is 0 Å². The molecule has 1 aromatic carbocycles. The number of carbonyl (C=O) groups excluding carboxylic acids is 1. The molecule has 0 saturated heterocycles. The molecule has 0 unspecified atom stereocenters. The first-order chi connectivity index (χ1) is 10.0. The lowest BCUT2D eigenvalue weighted by Crippen LogP contribution is -2.23. The van der Waals surface area contributed by atoms with Crippen molar-refractivity contribution in [2.45, 2.75) is 33.4 Å². The monoisotopic (exact) mass is 285 g/mol. The molecule has 2 rings (SSSR count). The first kappa shape index (κ1) is 15.0. The van der Waals surface area contributed by atoms with Crippen LogP contribution in [-0.4, -0.2) is 22.0 Å². The van der Waals surface area contributed by atoms with Gasteiger partial charge in [0, 0.05) is 11.3 Å². The van der Waals surface area contributed by atoms with Gasteiger partial charge in [0.15, 0.2) is 0 Å². The Kier molecular flexibility index (Phi) is 4.87. The van der Waals surface area contributed by atoms with Crippen LogP contribution >= 0.6 is 0 Å². The van der Waals surface area contributed by atoms with Gasteiger partial charge in [-0.3, -0.25) is 4.79 Å². The lowest BCUT2D eigenvalue weighted by atomic mass is 10.2. The molecule has 0 radical (unpaired) electrons. The fraction of sp³-hybridized carbons (Fsp3) is 0.312. The van der Waals surface area contributed by atoms with E-state index in [2.05, 4.69) is 15.3 Å². The molecule has 5 nitrogen and oxygen atoms in total. The predicted octanol–water partition coefficient (Wildman–Crippen LogP) is 2.50. The summed E-state index contributed by atoms with van der Waals surface area (Å²) in [6.07, 6.45) is 1.61. The van der Waals surface area contributed by atoms with Crippen LogP contribution in [0.5, 0.6) is 5.75 Å². The third kappa shape index (κ3) is 4.56. The summed E-state index contributed by atoms with van der Waals surface area (Å²) in [5, 5.41) is 2.83. The molecule has 0 aliphatic carbocycles. The Morgan fingerprint density at radius 1 is 1.24 bits per heavy atom. The van der Waals surface area contributed by atoms with Gasteiger partial charge in [0.1, 0.15) is 12.1 Å². The van der Waals surface area contributed by atoms with Gasteiger partial charge in [0.25, 0.3) is 5.91 Å². The van der Waals surface area contributed by atoms with Crippen molar-refractivity contribution in [2.75, 3.05) is 0 Å². The van der Waals surface area contributed by atoms with Crippen LogP contribution in [0.3, 0.4) is 0 Å². The maximum Gasteiger partial charge on any atom is 0.251 e. The summed E-state index contributed by atoms with van der Waals surface area (Å²) in [5.41, 5.74) is 2.26. The summed E-state index contributed by atoms with van der Waals surface area (Å²) < 4.78 is 5.54. The predicted molar refractivity (Wildman–Crippen MR) is 80.1 cm³/mol. The van der Waals surface area contributed by atoms with E-state index in [0.29, 0.717) is 12.1 Å². The van der Waals surface area contributed by atoms with E-state index in [0.717, 1.165) is 17.1 Å². The molecule has 1 heterocycles. The Labute approximate surface area is 124 Å². The zero-order valence-corrected chi connectivity index (χ0v) is 12.5. The molecule has 2 aromatic rings. The molecule has 0 fully saturated rings. The molecule has 0 bridgehead atoms. The van der Waals surface area contributed by atoms with E-state index in [9.17, 15) is 4.79 Å². The second kappa shape index (κ2) is 6.83. The van der Waals surface area contributed by atoms with Gasteiger partial charge in [-0.05, 0) is 51.1 Å².